The number of benzene rings is 1. The van der Waals surface area contributed by atoms with E-state index in [1.54, 1.807) is 0 Å². The van der Waals surface area contributed by atoms with Crippen LogP contribution in [0.1, 0.15) is 31.9 Å². The number of nitrogens with zero attached hydrogens (tertiary/aromatic N) is 3. The monoisotopic (exact) mass is 303 g/mol. The maximum atomic E-state index is 11.8. The Morgan fingerprint density at radius 1 is 1.32 bits per heavy atom. The first kappa shape index (κ1) is 16.3. The smallest absolute Gasteiger partial charge is 0.332 e. The second-order valence-electron chi connectivity index (χ2n) is 6.39. The Bertz CT molecular complexity index is 589. The van der Waals surface area contributed by atoms with Crippen molar-refractivity contribution >= 4 is 5.97 Å². The average molecular weight is 303 g/mol. The Balaban J connectivity index is 2.02. The normalized spacial score (nSPS) is 20.7. The van der Waals surface area contributed by atoms with Crippen molar-refractivity contribution in [2.75, 3.05) is 6.61 Å². The third-order valence-electron chi connectivity index (χ3n) is 3.43. The molecule has 2 atom stereocenters. The van der Waals surface area contributed by atoms with Gasteiger partial charge >= 0.3 is 5.97 Å². The Kier molecular flexibility index (Phi) is 5.06. The van der Waals surface area contributed by atoms with E-state index < -0.39 is 11.6 Å². The van der Waals surface area contributed by atoms with E-state index in [1.165, 1.54) is 5.56 Å². The molecule has 0 saturated heterocycles. The highest BCUT2D eigenvalue weighted by Gasteiger charge is 2.29. The van der Waals surface area contributed by atoms with E-state index in [9.17, 15) is 4.79 Å². The molecule has 6 nitrogen and oxygen atoms in total. The SMILES string of the molecule is CC(C)(C)OC(=O)CO[C@@H]1Cc2ccccc2C[C@H]1N=[N+]=[N-]. The first-order valence-electron chi connectivity index (χ1n) is 7.33. The second-order valence-corrected chi connectivity index (χ2v) is 6.39. The summed E-state index contributed by atoms with van der Waals surface area (Å²) in [4.78, 5) is 14.7. The zero-order chi connectivity index (χ0) is 16.2. The van der Waals surface area contributed by atoms with Gasteiger partial charge in [-0.3, -0.25) is 0 Å². The Morgan fingerprint density at radius 3 is 2.55 bits per heavy atom. The Morgan fingerprint density at radius 2 is 1.95 bits per heavy atom. The summed E-state index contributed by atoms with van der Waals surface area (Å²) in [6.07, 6.45) is 0.945. The van der Waals surface area contributed by atoms with Crippen molar-refractivity contribution in [3.05, 3.63) is 45.8 Å². The molecular formula is C16H21N3O3. The maximum Gasteiger partial charge on any atom is 0.332 e. The van der Waals surface area contributed by atoms with Gasteiger partial charge in [0.2, 0.25) is 0 Å². The number of hydrogen-bond donors (Lipinski definition) is 0. The minimum absolute atomic E-state index is 0.137. The fourth-order valence-electron chi connectivity index (χ4n) is 2.56. The molecule has 0 heterocycles. The number of carbonyl (C=O) groups excluding carboxylic acids is 1. The van der Waals surface area contributed by atoms with Crippen LogP contribution in [0.4, 0.5) is 0 Å². The fraction of sp³-hybridized carbons (Fsp3) is 0.562. The lowest BCUT2D eigenvalue weighted by molar-refractivity contribution is -0.162. The number of azide groups is 1. The van der Waals surface area contributed by atoms with Gasteiger partial charge in [0, 0.05) is 4.91 Å². The molecule has 0 N–H and O–H groups in total. The van der Waals surface area contributed by atoms with E-state index in [1.807, 2.05) is 45.0 Å². The van der Waals surface area contributed by atoms with Gasteiger partial charge in [-0.2, -0.15) is 0 Å². The first-order chi connectivity index (χ1) is 10.4. The van der Waals surface area contributed by atoms with E-state index in [-0.39, 0.29) is 18.8 Å². The lowest BCUT2D eigenvalue weighted by Crippen LogP contribution is -2.38. The Labute approximate surface area is 130 Å². The number of esters is 1. The summed E-state index contributed by atoms with van der Waals surface area (Å²) in [7, 11) is 0. The van der Waals surface area contributed by atoms with Gasteiger partial charge in [-0.05, 0) is 50.3 Å². The van der Waals surface area contributed by atoms with Crippen molar-refractivity contribution in [3.63, 3.8) is 0 Å². The highest BCUT2D eigenvalue weighted by molar-refractivity contribution is 5.71. The van der Waals surface area contributed by atoms with Crippen molar-refractivity contribution in [1.29, 1.82) is 0 Å². The van der Waals surface area contributed by atoms with Gasteiger partial charge in [-0.1, -0.05) is 29.4 Å². The predicted octanol–water partition coefficient (Wildman–Crippen LogP) is 3.19. The number of hydrogen-bond acceptors (Lipinski definition) is 4. The van der Waals surface area contributed by atoms with Gasteiger partial charge in [-0.25, -0.2) is 4.79 Å². The van der Waals surface area contributed by atoms with Crippen LogP contribution in [0.15, 0.2) is 29.4 Å². The summed E-state index contributed by atoms with van der Waals surface area (Å²) in [5.74, 6) is -0.411. The maximum absolute atomic E-state index is 11.8. The van der Waals surface area contributed by atoms with Crippen molar-refractivity contribution in [2.24, 2.45) is 5.11 Å². The largest absolute Gasteiger partial charge is 0.458 e. The summed E-state index contributed by atoms with van der Waals surface area (Å²) in [6.45, 7) is 5.29. The third-order valence-corrected chi connectivity index (χ3v) is 3.43. The molecule has 0 bridgehead atoms. The number of fused-ring (bicyclic) bond motifs is 1. The molecule has 1 aromatic rings. The van der Waals surface area contributed by atoms with E-state index in [4.69, 9.17) is 15.0 Å². The van der Waals surface area contributed by atoms with Gasteiger partial charge in [0.1, 0.15) is 12.2 Å². The number of ether oxygens (including phenoxy) is 2. The molecule has 118 valence electrons. The molecule has 1 aliphatic carbocycles. The molecule has 22 heavy (non-hydrogen) atoms. The molecule has 2 rings (SSSR count). The van der Waals surface area contributed by atoms with Crippen LogP contribution in [0.5, 0.6) is 0 Å². The molecule has 1 aromatic carbocycles. The van der Waals surface area contributed by atoms with Crippen molar-refractivity contribution < 1.29 is 14.3 Å². The summed E-state index contributed by atoms with van der Waals surface area (Å²) in [5, 5.41) is 3.82. The van der Waals surface area contributed by atoms with Crippen molar-refractivity contribution in [3.8, 4) is 0 Å². The van der Waals surface area contributed by atoms with Gasteiger partial charge in [0.25, 0.3) is 0 Å². The molecule has 0 fully saturated rings. The molecule has 0 spiro atoms. The molecule has 0 aliphatic heterocycles. The van der Waals surface area contributed by atoms with Gasteiger partial charge in [0.05, 0.1) is 12.1 Å². The molecule has 6 heteroatoms. The highest BCUT2D eigenvalue weighted by Crippen LogP contribution is 2.25. The number of carbonyl (C=O) groups is 1. The molecule has 0 amide bonds. The van der Waals surface area contributed by atoms with Gasteiger partial charge < -0.3 is 9.47 Å². The predicted molar refractivity (Wildman–Crippen MR) is 82.4 cm³/mol. The molecule has 0 radical (unpaired) electrons. The Hall–Kier alpha value is -2.04. The summed E-state index contributed by atoms with van der Waals surface area (Å²) in [5.41, 5.74) is 10.5. The first-order valence-corrected chi connectivity index (χ1v) is 7.33. The third kappa shape index (κ3) is 4.48. The van der Waals surface area contributed by atoms with Gasteiger partial charge in [0.15, 0.2) is 0 Å². The van der Waals surface area contributed by atoms with Crippen LogP contribution in [-0.2, 0) is 27.1 Å². The quantitative estimate of drug-likeness (QED) is 0.370. The van der Waals surface area contributed by atoms with E-state index >= 15 is 0 Å². The zero-order valence-corrected chi connectivity index (χ0v) is 13.2. The number of rotatable bonds is 4. The zero-order valence-electron chi connectivity index (χ0n) is 13.2. The molecular weight excluding hydrogens is 282 g/mol. The van der Waals surface area contributed by atoms with Crippen LogP contribution >= 0.6 is 0 Å². The summed E-state index contributed by atoms with van der Waals surface area (Å²) >= 11 is 0. The van der Waals surface area contributed by atoms with Crippen LogP contribution in [0.2, 0.25) is 0 Å². The highest BCUT2D eigenvalue weighted by atomic mass is 16.6. The minimum Gasteiger partial charge on any atom is -0.458 e. The van der Waals surface area contributed by atoms with Crippen LogP contribution in [0.25, 0.3) is 10.4 Å². The molecule has 0 unspecified atom stereocenters. The average Bonchev–Trinajstić information content (AvgIpc) is 2.43. The van der Waals surface area contributed by atoms with E-state index in [0.717, 1.165) is 5.56 Å². The lowest BCUT2D eigenvalue weighted by Gasteiger charge is -2.30. The van der Waals surface area contributed by atoms with Crippen LogP contribution in [0, 0.1) is 0 Å². The van der Waals surface area contributed by atoms with Gasteiger partial charge in [-0.15, -0.1) is 0 Å². The second kappa shape index (κ2) is 6.81. The standard InChI is InChI=1S/C16H21N3O3/c1-16(2,3)22-15(20)10-21-14-9-12-7-5-4-6-11(12)8-13(14)18-19-17/h4-7,13-14H,8-10H2,1-3H3/t13-,14-/m1/s1. The van der Waals surface area contributed by atoms with Crippen LogP contribution in [0.3, 0.4) is 0 Å². The van der Waals surface area contributed by atoms with Crippen LogP contribution in [-0.4, -0.2) is 30.3 Å². The molecule has 1 aliphatic rings. The topological polar surface area (TPSA) is 84.3 Å². The lowest BCUT2D eigenvalue weighted by atomic mass is 9.86. The minimum atomic E-state index is -0.538. The van der Waals surface area contributed by atoms with Crippen LogP contribution < -0.4 is 0 Å². The molecule has 0 aromatic heterocycles. The summed E-state index contributed by atoms with van der Waals surface area (Å²) in [6, 6.07) is 7.69. The van der Waals surface area contributed by atoms with E-state index in [2.05, 4.69) is 10.0 Å². The molecule has 0 saturated carbocycles. The fourth-order valence-corrected chi connectivity index (χ4v) is 2.56. The van der Waals surface area contributed by atoms with E-state index in [0.29, 0.717) is 12.8 Å². The van der Waals surface area contributed by atoms with Crippen molar-refractivity contribution in [1.82, 2.24) is 0 Å². The summed E-state index contributed by atoms with van der Waals surface area (Å²) < 4.78 is 10.9. The van der Waals surface area contributed by atoms with Crippen molar-refractivity contribution in [2.45, 2.75) is 51.4 Å².